The van der Waals surface area contributed by atoms with Crippen molar-refractivity contribution in [2.24, 2.45) is 0 Å². The summed E-state index contributed by atoms with van der Waals surface area (Å²) in [6.45, 7) is 0.311. The molecule has 0 radical (unpaired) electrons. The van der Waals surface area contributed by atoms with Gasteiger partial charge in [0.1, 0.15) is 18.1 Å². The SMILES string of the molecule is CN(Cc1ccc(-c2ccc(Cl)cc2)o1)C(=O)COC(=O)CN1CCCC1=O. The minimum Gasteiger partial charge on any atom is -0.459 e. The number of amides is 2. The number of ether oxygens (including phenoxy) is 1. The molecule has 7 nitrogen and oxygen atoms in total. The summed E-state index contributed by atoms with van der Waals surface area (Å²) in [6, 6.07) is 10.9. The van der Waals surface area contributed by atoms with E-state index in [9.17, 15) is 14.4 Å². The third-order valence-corrected chi connectivity index (χ3v) is 4.71. The summed E-state index contributed by atoms with van der Waals surface area (Å²) < 4.78 is 10.8. The Labute approximate surface area is 167 Å². The van der Waals surface area contributed by atoms with Crippen molar-refractivity contribution < 1.29 is 23.5 Å². The molecule has 2 heterocycles. The summed E-state index contributed by atoms with van der Waals surface area (Å²) in [4.78, 5) is 38.3. The highest BCUT2D eigenvalue weighted by atomic mass is 35.5. The Bertz CT molecular complexity index is 862. The minimum atomic E-state index is -0.583. The summed E-state index contributed by atoms with van der Waals surface area (Å²) in [7, 11) is 1.60. The fourth-order valence-corrected chi connectivity index (χ4v) is 3.01. The van der Waals surface area contributed by atoms with Crippen LogP contribution in [0, 0.1) is 0 Å². The van der Waals surface area contributed by atoms with Gasteiger partial charge in [-0.05, 0) is 42.8 Å². The number of esters is 1. The van der Waals surface area contributed by atoms with E-state index in [4.69, 9.17) is 20.8 Å². The predicted octanol–water partition coefficient (Wildman–Crippen LogP) is 2.72. The monoisotopic (exact) mass is 404 g/mol. The molecule has 28 heavy (non-hydrogen) atoms. The molecule has 1 aromatic carbocycles. The van der Waals surface area contributed by atoms with Crippen LogP contribution >= 0.6 is 11.6 Å². The van der Waals surface area contributed by atoms with E-state index in [1.165, 1.54) is 9.80 Å². The number of rotatable bonds is 7. The van der Waals surface area contributed by atoms with Gasteiger partial charge >= 0.3 is 5.97 Å². The van der Waals surface area contributed by atoms with E-state index in [1.807, 2.05) is 18.2 Å². The first-order valence-electron chi connectivity index (χ1n) is 8.94. The molecule has 2 aromatic rings. The molecule has 0 aliphatic carbocycles. The number of furan rings is 1. The largest absolute Gasteiger partial charge is 0.459 e. The number of likely N-dealkylation sites (tertiary alicyclic amines) is 1. The molecular formula is C20H21ClN2O5. The van der Waals surface area contributed by atoms with Gasteiger partial charge in [-0.3, -0.25) is 14.4 Å². The zero-order chi connectivity index (χ0) is 20.1. The number of benzene rings is 1. The van der Waals surface area contributed by atoms with E-state index in [1.54, 1.807) is 25.2 Å². The van der Waals surface area contributed by atoms with Crippen molar-refractivity contribution in [3.63, 3.8) is 0 Å². The Balaban J connectivity index is 1.47. The van der Waals surface area contributed by atoms with Gasteiger partial charge in [0.05, 0.1) is 6.54 Å². The van der Waals surface area contributed by atoms with E-state index < -0.39 is 5.97 Å². The van der Waals surface area contributed by atoms with Gasteiger partial charge in [-0.25, -0.2) is 0 Å². The lowest BCUT2D eigenvalue weighted by Gasteiger charge is -2.17. The molecule has 1 aliphatic heterocycles. The van der Waals surface area contributed by atoms with E-state index in [0.29, 0.717) is 29.5 Å². The zero-order valence-electron chi connectivity index (χ0n) is 15.5. The second-order valence-electron chi connectivity index (χ2n) is 6.60. The highest BCUT2D eigenvalue weighted by Crippen LogP contribution is 2.24. The van der Waals surface area contributed by atoms with Crippen LogP contribution in [0.3, 0.4) is 0 Å². The third kappa shape index (κ3) is 5.13. The number of hydrogen-bond donors (Lipinski definition) is 0. The van der Waals surface area contributed by atoms with E-state index in [2.05, 4.69) is 0 Å². The first-order valence-corrected chi connectivity index (χ1v) is 9.32. The number of carbonyl (C=O) groups excluding carboxylic acids is 3. The predicted molar refractivity (Wildman–Crippen MR) is 102 cm³/mol. The molecule has 0 bridgehead atoms. The van der Waals surface area contributed by atoms with Crippen LogP contribution in [0.5, 0.6) is 0 Å². The van der Waals surface area contributed by atoms with Crippen LogP contribution in [0.25, 0.3) is 11.3 Å². The summed E-state index contributed by atoms with van der Waals surface area (Å²) in [6.07, 6.45) is 1.20. The maximum absolute atomic E-state index is 12.2. The second kappa shape index (κ2) is 8.93. The van der Waals surface area contributed by atoms with Crippen LogP contribution in [0.1, 0.15) is 18.6 Å². The molecule has 8 heteroatoms. The molecule has 0 unspecified atom stereocenters. The molecule has 1 saturated heterocycles. The second-order valence-corrected chi connectivity index (χ2v) is 7.04. The fourth-order valence-electron chi connectivity index (χ4n) is 2.88. The van der Waals surface area contributed by atoms with Crippen LogP contribution in [0.2, 0.25) is 5.02 Å². The van der Waals surface area contributed by atoms with Gasteiger partial charge in [0, 0.05) is 30.6 Å². The van der Waals surface area contributed by atoms with Crippen molar-refractivity contribution in [2.45, 2.75) is 19.4 Å². The Hall–Kier alpha value is -2.80. The van der Waals surface area contributed by atoms with Crippen molar-refractivity contribution in [1.82, 2.24) is 9.80 Å². The molecule has 0 N–H and O–H groups in total. The third-order valence-electron chi connectivity index (χ3n) is 4.46. The normalized spacial score (nSPS) is 13.6. The molecule has 0 saturated carbocycles. The Kier molecular flexibility index (Phi) is 6.36. The zero-order valence-corrected chi connectivity index (χ0v) is 16.3. The molecule has 0 atom stereocenters. The lowest BCUT2D eigenvalue weighted by molar-refractivity contribution is -0.154. The standard InChI is InChI=1S/C20H21ClN2O5/c1-22(19(25)13-27-20(26)12-23-10-2-3-18(23)24)11-16-8-9-17(28-16)14-4-6-15(21)7-5-14/h4-9H,2-3,10-13H2,1H3. The maximum Gasteiger partial charge on any atom is 0.326 e. The van der Waals surface area contributed by atoms with Gasteiger partial charge in [0.2, 0.25) is 5.91 Å². The quantitative estimate of drug-likeness (QED) is 0.663. The van der Waals surface area contributed by atoms with Gasteiger partial charge in [-0.1, -0.05) is 11.6 Å². The van der Waals surface area contributed by atoms with E-state index >= 15 is 0 Å². The van der Waals surface area contributed by atoms with Crippen molar-refractivity contribution in [3.05, 3.63) is 47.2 Å². The van der Waals surface area contributed by atoms with Crippen LogP contribution < -0.4 is 0 Å². The number of halogens is 1. The van der Waals surface area contributed by atoms with Gasteiger partial charge < -0.3 is 19.0 Å². The summed E-state index contributed by atoms with van der Waals surface area (Å²) in [5, 5.41) is 0.643. The maximum atomic E-state index is 12.2. The number of likely N-dealkylation sites (N-methyl/N-ethyl adjacent to an activating group) is 1. The first-order chi connectivity index (χ1) is 13.4. The van der Waals surface area contributed by atoms with Crippen molar-refractivity contribution in [1.29, 1.82) is 0 Å². The molecular weight excluding hydrogens is 384 g/mol. The molecule has 1 aromatic heterocycles. The fraction of sp³-hybridized carbons (Fsp3) is 0.350. The Morgan fingerprint density at radius 3 is 2.64 bits per heavy atom. The van der Waals surface area contributed by atoms with Crippen LogP contribution in [-0.2, 0) is 25.7 Å². The number of hydrogen-bond acceptors (Lipinski definition) is 5. The minimum absolute atomic E-state index is 0.0605. The lowest BCUT2D eigenvalue weighted by atomic mass is 10.2. The molecule has 1 aliphatic rings. The van der Waals surface area contributed by atoms with E-state index in [-0.39, 0.29) is 31.5 Å². The molecule has 3 rings (SSSR count). The van der Waals surface area contributed by atoms with Crippen molar-refractivity contribution >= 4 is 29.4 Å². The van der Waals surface area contributed by atoms with Crippen LogP contribution in [0.4, 0.5) is 0 Å². The van der Waals surface area contributed by atoms with Crippen LogP contribution in [0.15, 0.2) is 40.8 Å². The van der Waals surface area contributed by atoms with Gasteiger partial charge in [-0.15, -0.1) is 0 Å². The molecule has 1 fully saturated rings. The van der Waals surface area contributed by atoms with E-state index in [0.717, 1.165) is 12.0 Å². The van der Waals surface area contributed by atoms with Gasteiger partial charge in [-0.2, -0.15) is 0 Å². The molecule has 2 amide bonds. The van der Waals surface area contributed by atoms with Gasteiger partial charge in [0.25, 0.3) is 5.91 Å². The summed E-state index contributed by atoms with van der Waals surface area (Å²) >= 11 is 5.88. The topological polar surface area (TPSA) is 80.1 Å². The molecule has 148 valence electrons. The summed E-state index contributed by atoms with van der Waals surface area (Å²) in [5.41, 5.74) is 0.884. The van der Waals surface area contributed by atoms with Crippen molar-refractivity contribution in [3.8, 4) is 11.3 Å². The Morgan fingerprint density at radius 1 is 1.21 bits per heavy atom. The highest BCUT2D eigenvalue weighted by Gasteiger charge is 2.23. The average molecular weight is 405 g/mol. The number of carbonyl (C=O) groups is 3. The van der Waals surface area contributed by atoms with Crippen LogP contribution in [-0.4, -0.2) is 54.3 Å². The first kappa shape index (κ1) is 19.9. The molecule has 0 spiro atoms. The lowest BCUT2D eigenvalue weighted by Crippen LogP contribution is -2.35. The Morgan fingerprint density at radius 2 is 1.96 bits per heavy atom. The number of nitrogens with zero attached hydrogens (tertiary/aromatic N) is 2. The summed E-state index contributed by atoms with van der Waals surface area (Å²) in [5.74, 6) is 0.282. The smallest absolute Gasteiger partial charge is 0.326 e. The highest BCUT2D eigenvalue weighted by molar-refractivity contribution is 6.30. The van der Waals surface area contributed by atoms with Gasteiger partial charge in [0.15, 0.2) is 6.61 Å². The van der Waals surface area contributed by atoms with Crippen molar-refractivity contribution in [2.75, 3.05) is 26.7 Å². The average Bonchev–Trinajstić information content (AvgIpc) is 3.29.